The summed E-state index contributed by atoms with van der Waals surface area (Å²) in [6.45, 7) is 0.458. The number of benzene rings is 1. The summed E-state index contributed by atoms with van der Waals surface area (Å²) >= 11 is 0. The molecule has 1 unspecified atom stereocenters. The van der Waals surface area contributed by atoms with Gasteiger partial charge in [-0.25, -0.2) is 17.5 Å². The number of carbonyl (C=O) groups is 2. The van der Waals surface area contributed by atoms with Gasteiger partial charge in [0.1, 0.15) is 5.75 Å². The third kappa shape index (κ3) is 4.45. The van der Waals surface area contributed by atoms with Crippen LogP contribution < -0.4 is 10.1 Å². The summed E-state index contributed by atoms with van der Waals surface area (Å²) in [6, 6.07) is 5.13. The molecule has 0 aliphatic carbocycles. The van der Waals surface area contributed by atoms with Gasteiger partial charge in [0.15, 0.2) is 6.04 Å². The quantitative estimate of drug-likeness (QED) is 0.729. The number of methoxy groups -OCH3 is 1. The standard InChI is InChI=1S/C15H20N2O6S/c1-23-12-5-3-11(4-6-12)14(15(19)20)16-13(18)7-9-17-8-2-10-24(17,21)22/h3-6,14H,2,7-10H2,1H3,(H,16,18)(H,19,20). The minimum Gasteiger partial charge on any atom is -0.497 e. The van der Waals surface area contributed by atoms with Crippen LogP contribution in [-0.4, -0.2) is 55.7 Å². The van der Waals surface area contributed by atoms with Gasteiger partial charge in [-0.15, -0.1) is 0 Å². The summed E-state index contributed by atoms with van der Waals surface area (Å²) in [6.07, 6.45) is 0.465. The molecule has 8 nitrogen and oxygen atoms in total. The molecule has 1 atom stereocenters. The van der Waals surface area contributed by atoms with Crippen LogP contribution in [0, 0.1) is 0 Å². The highest BCUT2D eigenvalue weighted by atomic mass is 32.2. The summed E-state index contributed by atoms with van der Waals surface area (Å²) in [7, 11) is -1.77. The number of hydrogen-bond donors (Lipinski definition) is 2. The van der Waals surface area contributed by atoms with Crippen molar-refractivity contribution in [2.24, 2.45) is 0 Å². The second-order valence-electron chi connectivity index (χ2n) is 5.43. The van der Waals surface area contributed by atoms with E-state index in [2.05, 4.69) is 5.32 Å². The van der Waals surface area contributed by atoms with E-state index in [4.69, 9.17) is 4.74 Å². The van der Waals surface area contributed by atoms with Crippen LogP contribution >= 0.6 is 0 Å². The van der Waals surface area contributed by atoms with E-state index in [0.717, 1.165) is 0 Å². The van der Waals surface area contributed by atoms with Gasteiger partial charge in [-0.2, -0.15) is 0 Å². The molecule has 1 aliphatic heterocycles. The number of carboxylic acid groups (broad SMARTS) is 1. The van der Waals surface area contributed by atoms with Gasteiger partial charge in [-0.3, -0.25) is 4.79 Å². The molecular weight excluding hydrogens is 336 g/mol. The van der Waals surface area contributed by atoms with Crippen molar-refractivity contribution in [2.75, 3.05) is 26.0 Å². The number of nitrogens with zero attached hydrogens (tertiary/aromatic N) is 1. The summed E-state index contributed by atoms with van der Waals surface area (Å²) in [4.78, 5) is 23.4. The molecule has 1 amide bonds. The van der Waals surface area contributed by atoms with E-state index in [0.29, 0.717) is 24.3 Å². The zero-order valence-electron chi connectivity index (χ0n) is 13.3. The minimum atomic E-state index is -3.26. The maximum Gasteiger partial charge on any atom is 0.330 e. The monoisotopic (exact) mass is 356 g/mol. The number of aliphatic carboxylic acids is 1. The summed E-state index contributed by atoms with van der Waals surface area (Å²) < 4.78 is 29.6. The van der Waals surface area contributed by atoms with Crippen molar-refractivity contribution in [3.63, 3.8) is 0 Å². The number of hydrogen-bond acceptors (Lipinski definition) is 5. The number of rotatable bonds is 7. The smallest absolute Gasteiger partial charge is 0.330 e. The van der Waals surface area contributed by atoms with Crippen LogP contribution in [0.4, 0.5) is 0 Å². The Kier molecular flexibility index (Phi) is 5.79. The Hall–Kier alpha value is -2.13. The number of amides is 1. The first-order chi connectivity index (χ1) is 11.3. The van der Waals surface area contributed by atoms with Crippen LogP contribution in [0.5, 0.6) is 5.75 Å². The normalized spacial score (nSPS) is 18.0. The summed E-state index contributed by atoms with van der Waals surface area (Å²) in [5.41, 5.74) is 0.408. The lowest BCUT2D eigenvalue weighted by molar-refractivity contribution is -0.142. The van der Waals surface area contributed by atoms with Crippen LogP contribution in [-0.2, 0) is 19.6 Å². The predicted octanol–water partition coefficient (Wildman–Crippen LogP) is 0.363. The lowest BCUT2D eigenvalue weighted by atomic mass is 10.1. The average molecular weight is 356 g/mol. The molecule has 0 spiro atoms. The third-order valence-electron chi connectivity index (χ3n) is 3.79. The van der Waals surface area contributed by atoms with Crippen LogP contribution in [0.25, 0.3) is 0 Å². The molecule has 0 bridgehead atoms. The zero-order chi connectivity index (χ0) is 17.7. The molecule has 0 radical (unpaired) electrons. The Labute approximate surface area is 140 Å². The van der Waals surface area contributed by atoms with Crippen molar-refractivity contribution >= 4 is 21.9 Å². The van der Waals surface area contributed by atoms with Crippen molar-refractivity contribution in [1.82, 2.24) is 9.62 Å². The molecule has 1 aromatic carbocycles. The number of nitrogens with one attached hydrogen (secondary N) is 1. The SMILES string of the molecule is COc1ccc(C(NC(=O)CCN2CCCS2(=O)=O)C(=O)O)cc1. The Morgan fingerprint density at radius 3 is 2.50 bits per heavy atom. The van der Waals surface area contributed by atoms with Crippen molar-refractivity contribution in [1.29, 1.82) is 0 Å². The minimum absolute atomic E-state index is 0.0586. The van der Waals surface area contributed by atoms with E-state index < -0.39 is 27.9 Å². The molecule has 0 saturated carbocycles. The highest BCUT2D eigenvalue weighted by Crippen LogP contribution is 2.18. The molecule has 24 heavy (non-hydrogen) atoms. The van der Waals surface area contributed by atoms with Crippen LogP contribution in [0.2, 0.25) is 0 Å². The van der Waals surface area contributed by atoms with E-state index >= 15 is 0 Å². The molecule has 2 rings (SSSR count). The van der Waals surface area contributed by atoms with Crippen molar-refractivity contribution in [3.05, 3.63) is 29.8 Å². The van der Waals surface area contributed by atoms with Gasteiger partial charge < -0.3 is 15.2 Å². The lowest BCUT2D eigenvalue weighted by Gasteiger charge is -2.17. The summed E-state index contributed by atoms with van der Waals surface area (Å²) in [5, 5.41) is 11.7. The van der Waals surface area contributed by atoms with Gasteiger partial charge in [0, 0.05) is 19.5 Å². The molecule has 9 heteroatoms. The molecule has 1 aliphatic rings. The van der Waals surface area contributed by atoms with E-state index in [-0.39, 0.29) is 18.7 Å². The fourth-order valence-corrected chi connectivity index (χ4v) is 4.01. The second-order valence-corrected chi connectivity index (χ2v) is 7.52. The Bertz CT molecular complexity index is 701. The summed E-state index contributed by atoms with van der Waals surface area (Å²) in [5.74, 6) is -1.03. The number of ether oxygens (including phenoxy) is 1. The first-order valence-electron chi connectivity index (χ1n) is 7.47. The highest BCUT2D eigenvalue weighted by molar-refractivity contribution is 7.89. The third-order valence-corrected chi connectivity index (χ3v) is 5.75. The van der Waals surface area contributed by atoms with Gasteiger partial charge >= 0.3 is 5.97 Å². The van der Waals surface area contributed by atoms with E-state index in [1.807, 2.05) is 0 Å². The lowest BCUT2D eigenvalue weighted by Crippen LogP contribution is -2.36. The van der Waals surface area contributed by atoms with Crippen LogP contribution in [0.15, 0.2) is 24.3 Å². The maximum atomic E-state index is 12.0. The van der Waals surface area contributed by atoms with Gasteiger partial charge in [-0.1, -0.05) is 12.1 Å². The van der Waals surface area contributed by atoms with Gasteiger partial charge in [0.2, 0.25) is 15.9 Å². The average Bonchev–Trinajstić information content (AvgIpc) is 2.89. The first-order valence-corrected chi connectivity index (χ1v) is 9.08. The predicted molar refractivity (Wildman–Crippen MR) is 86.1 cm³/mol. The van der Waals surface area contributed by atoms with Crippen molar-refractivity contribution in [2.45, 2.75) is 18.9 Å². The molecule has 1 heterocycles. The van der Waals surface area contributed by atoms with Gasteiger partial charge in [0.25, 0.3) is 0 Å². The zero-order valence-corrected chi connectivity index (χ0v) is 14.1. The number of carboxylic acids is 1. The largest absolute Gasteiger partial charge is 0.497 e. The second kappa shape index (κ2) is 7.63. The molecule has 1 fully saturated rings. The fraction of sp³-hybridized carbons (Fsp3) is 0.467. The van der Waals surface area contributed by atoms with Gasteiger partial charge in [0.05, 0.1) is 12.9 Å². The van der Waals surface area contributed by atoms with E-state index in [9.17, 15) is 23.1 Å². The number of carbonyl (C=O) groups excluding carboxylic acids is 1. The first kappa shape index (κ1) is 18.2. The van der Waals surface area contributed by atoms with Crippen molar-refractivity contribution in [3.8, 4) is 5.75 Å². The molecule has 132 valence electrons. The maximum absolute atomic E-state index is 12.0. The fourth-order valence-electron chi connectivity index (χ4n) is 2.49. The Balaban J connectivity index is 1.97. The van der Waals surface area contributed by atoms with Crippen LogP contribution in [0.1, 0.15) is 24.4 Å². The van der Waals surface area contributed by atoms with Crippen LogP contribution in [0.3, 0.4) is 0 Å². The van der Waals surface area contributed by atoms with E-state index in [1.165, 1.54) is 11.4 Å². The molecule has 1 aromatic rings. The Morgan fingerprint density at radius 1 is 1.33 bits per heavy atom. The van der Waals surface area contributed by atoms with E-state index in [1.54, 1.807) is 24.3 Å². The van der Waals surface area contributed by atoms with Gasteiger partial charge in [-0.05, 0) is 24.1 Å². The topological polar surface area (TPSA) is 113 Å². The highest BCUT2D eigenvalue weighted by Gasteiger charge is 2.29. The Morgan fingerprint density at radius 2 is 2.00 bits per heavy atom. The molecule has 0 aromatic heterocycles. The van der Waals surface area contributed by atoms with Crippen molar-refractivity contribution < 1.29 is 27.9 Å². The molecule has 2 N–H and O–H groups in total. The molecular formula is C15H20N2O6S. The molecule has 1 saturated heterocycles. The number of sulfonamides is 1.